The Hall–Kier alpha value is -0.650. The molecule has 0 saturated heterocycles. The van der Waals surface area contributed by atoms with E-state index in [0.717, 1.165) is 0 Å². The first-order valence-corrected chi connectivity index (χ1v) is 4.60. The van der Waals surface area contributed by atoms with Gasteiger partial charge in [-0.1, -0.05) is 15.9 Å². The van der Waals surface area contributed by atoms with Crippen molar-refractivity contribution in [3.8, 4) is 0 Å². The highest BCUT2D eigenvalue weighted by Crippen LogP contribution is 2.35. The second-order valence-electron chi connectivity index (χ2n) is 2.51. The van der Waals surface area contributed by atoms with Crippen molar-refractivity contribution in [3.05, 3.63) is 34.9 Å². The first kappa shape index (κ1) is 11.4. The molecule has 6 heteroatoms. The van der Waals surface area contributed by atoms with Crippen molar-refractivity contribution in [2.75, 3.05) is 0 Å². The van der Waals surface area contributed by atoms with Crippen LogP contribution in [-0.4, -0.2) is 0 Å². The molecule has 0 amide bonds. The van der Waals surface area contributed by atoms with Crippen LogP contribution >= 0.6 is 15.9 Å². The van der Waals surface area contributed by atoms with Crippen molar-refractivity contribution >= 4 is 15.9 Å². The number of rotatable bonds is 1. The maximum absolute atomic E-state index is 12.9. The lowest BCUT2D eigenvalue weighted by Crippen LogP contribution is -2.13. The lowest BCUT2D eigenvalue weighted by Gasteiger charge is -2.12. The van der Waals surface area contributed by atoms with Gasteiger partial charge in [-0.05, 0) is 12.1 Å². The molecule has 1 rings (SSSR count). The van der Waals surface area contributed by atoms with Crippen molar-refractivity contribution in [2.45, 2.75) is 11.5 Å². The maximum Gasteiger partial charge on any atom is 0.419 e. The Balaban J connectivity index is 3.46. The van der Waals surface area contributed by atoms with Gasteiger partial charge < -0.3 is 0 Å². The molecule has 0 unspecified atom stereocenters. The number of hydrogen-bond donors (Lipinski definition) is 0. The molecule has 0 aliphatic rings. The maximum atomic E-state index is 12.9. The third-order valence-corrected chi connectivity index (χ3v) is 2.18. The van der Waals surface area contributed by atoms with Crippen molar-refractivity contribution in [1.29, 1.82) is 0 Å². The third-order valence-electron chi connectivity index (χ3n) is 1.62. The Labute approximate surface area is 84.9 Å². The summed E-state index contributed by atoms with van der Waals surface area (Å²) in [7, 11) is 0. The van der Waals surface area contributed by atoms with Crippen molar-refractivity contribution in [3.63, 3.8) is 0 Å². The minimum atomic E-state index is -4.88. The molecule has 0 spiro atoms. The number of hydrogen-bond acceptors (Lipinski definition) is 0. The van der Waals surface area contributed by atoms with Gasteiger partial charge >= 0.3 is 6.18 Å². The van der Waals surface area contributed by atoms with Gasteiger partial charge in [0.05, 0.1) is 5.56 Å². The zero-order chi connectivity index (χ0) is 10.9. The zero-order valence-electron chi connectivity index (χ0n) is 6.63. The molecule has 0 nitrogen and oxygen atoms in total. The summed E-state index contributed by atoms with van der Waals surface area (Å²) in [6, 6.07) is 1.13. The van der Waals surface area contributed by atoms with Gasteiger partial charge in [-0.2, -0.15) is 13.2 Å². The van der Waals surface area contributed by atoms with Crippen LogP contribution in [0.25, 0.3) is 0 Å². The Kier molecular flexibility index (Phi) is 3.14. The van der Waals surface area contributed by atoms with Gasteiger partial charge in [0.15, 0.2) is 0 Å². The molecule has 0 atom stereocenters. The second-order valence-corrected chi connectivity index (χ2v) is 3.07. The molecule has 0 N–H and O–H groups in total. The van der Waals surface area contributed by atoms with Crippen LogP contribution in [0.1, 0.15) is 11.1 Å². The van der Waals surface area contributed by atoms with Crippen molar-refractivity contribution in [2.24, 2.45) is 0 Å². The van der Waals surface area contributed by atoms with E-state index in [4.69, 9.17) is 0 Å². The molecular weight excluding hydrogens is 271 g/mol. The number of benzene rings is 1. The zero-order valence-corrected chi connectivity index (χ0v) is 8.22. The molecule has 0 radical (unpaired) electrons. The normalized spacial score (nSPS) is 11.9. The first-order valence-electron chi connectivity index (χ1n) is 3.48. The van der Waals surface area contributed by atoms with Crippen LogP contribution in [0.15, 0.2) is 12.1 Å². The van der Waals surface area contributed by atoms with Crippen LogP contribution in [0, 0.1) is 11.6 Å². The molecule has 1 aromatic carbocycles. The highest BCUT2D eigenvalue weighted by molar-refractivity contribution is 9.08. The molecule has 0 saturated carbocycles. The molecule has 0 aliphatic carbocycles. The van der Waals surface area contributed by atoms with Crippen LogP contribution in [-0.2, 0) is 11.5 Å². The molecule has 0 aliphatic heterocycles. The second kappa shape index (κ2) is 3.84. The minimum absolute atomic E-state index is 0.383. The summed E-state index contributed by atoms with van der Waals surface area (Å²) < 4.78 is 62.4. The molecule has 0 fully saturated rings. The smallest absolute Gasteiger partial charge is 0.207 e. The standard InChI is InChI=1S/C8H4BrF5/c9-3-4-5(10)1-2-6(11)7(4)8(12,13)14/h1-2H,3H2. The predicted octanol–water partition coefficient (Wildman–Crippen LogP) is 3.88. The average Bonchev–Trinajstić information content (AvgIpc) is 2.06. The predicted molar refractivity (Wildman–Crippen MR) is 44.0 cm³/mol. The van der Waals surface area contributed by atoms with E-state index in [2.05, 4.69) is 15.9 Å². The van der Waals surface area contributed by atoms with Gasteiger partial charge in [0.25, 0.3) is 0 Å². The van der Waals surface area contributed by atoms with E-state index < -0.39 is 28.9 Å². The van der Waals surface area contributed by atoms with Gasteiger partial charge in [0.2, 0.25) is 0 Å². The van der Waals surface area contributed by atoms with Gasteiger partial charge in [-0.15, -0.1) is 0 Å². The highest BCUT2D eigenvalue weighted by Gasteiger charge is 2.37. The van der Waals surface area contributed by atoms with E-state index in [0.29, 0.717) is 12.1 Å². The monoisotopic (exact) mass is 274 g/mol. The number of halogens is 6. The van der Waals surface area contributed by atoms with Crippen LogP contribution in [0.4, 0.5) is 22.0 Å². The summed E-state index contributed by atoms with van der Waals surface area (Å²) in [6.07, 6.45) is -4.88. The molecule has 78 valence electrons. The van der Waals surface area contributed by atoms with Crippen LogP contribution in [0.5, 0.6) is 0 Å². The van der Waals surface area contributed by atoms with Gasteiger partial charge in [-0.3, -0.25) is 0 Å². The Morgan fingerprint density at radius 3 is 1.93 bits per heavy atom. The average molecular weight is 275 g/mol. The summed E-state index contributed by atoms with van der Waals surface area (Å²) in [5.74, 6) is -2.54. The van der Waals surface area contributed by atoms with E-state index in [1.165, 1.54) is 0 Å². The van der Waals surface area contributed by atoms with Crippen molar-refractivity contribution < 1.29 is 22.0 Å². The topological polar surface area (TPSA) is 0 Å². The Morgan fingerprint density at radius 1 is 1.07 bits per heavy atom. The number of alkyl halides is 4. The minimum Gasteiger partial charge on any atom is -0.207 e. The largest absolute Gasteiger partial charge is 0.419 e. The molecule has 14 heavy (non-hydrogen) atoms. The molecule has 0 bridgehead atoms. The van der Waals surface area contributed by atoms with E-state index >= 15 is 0 Å². The van der Waals surface area contributed by atoms with Crippen LogP contribution in [0.3, 0.4) is 0 Å². The summed E-state index contributed by atoms with van der Waals surface area (Å²) in [4.78, 5) is 0. The lowest BCUT2D eigenvalue weighted by atomic mass is 10.1. The van der Waals surface area contributed by atoms with E-state index in [1.807, 2.05) is 0 Å². The Morgan fingerprint density at radius 2 is 1.57 bits per heavy atom. The van der Waals surface area contributed by atoms with Gasteiger partial charge in [0, 0.05) is 10.9 Å². The van der Waals surface area contributed by atoms with Crippen LogP contribution < -0.4 is 0 Å². The summed E-state index contributed by atoms with van der Waals surface area (Å²) in [5, 5.41) is -0.383. The SMILES string of the molecule is Fc1ccc(F)c(C(F)(F)F)c1CBr. The van der Waals surface area contributed by atoms with Gasteiger partial charge in [0.1, 0.15) is 11.6 Å². The fraction of sp³-hybridized carbons (Fsp3) is 0.250. The molecule has 1 aromatic rings. The Bertz CT molecular complexity index is 344. The highest BCUT2D eigenvalue weighted by atomic mass is 79.9. The first-order chi connectivity index (χ1) is 6.38. The van der Waals surface area contributed by atoms with E-state index in [9.17, 15) is 22.0 Å². The van der Waals surface area contributed by atoms with Crippen LogP contribution in [0.2, 0.25) is 0 Å². The summed E-state index contributed by atoms with van der Waals surface area (Å²) >= 11 is 2.68. The fourth-order valence-electron chi connectivity index (χ4n) is 1.03. The van der Waals surface area contributed by atoms with E-state index in [-0.39, 0.29) is 5.33 Å². The third kappa shape index (κ3) is 2.05. The van der Waals surface area contributed by atoms with Crippen molar-refractivity contribution in [1.82, 2.24) is 0 Å². The molecule has 0 aromatic heterocycles. The lowest BCUT2D eigenvalue weighted by molar-refractivity contribution is -0.140. The summed E-state index contributed by atoms with van der Waals surface area (Å²) in [5.41, 5.74) is -2.26. The van der Waals surface area contributed by atoms with Gasteiger partial charge in [-0.25, -0.2) is 8.78 Å². The molecular formula is C8H4BrF5. The summed E-state index contributed by atoms with van der Waals surface area (Å²) in [6.45, 7) is 0. The quantitative estimate of drug-likeness (QED) is 0.539. The fourth-order valence-corrected chi connectivity index (χ4v) is 1.58. The molecule has 0 heterocycles. The van der Waals surface area contributed by atoms with E-state index in [1.54, 1.807) is 0 Å².